The Morgan fingerprint density at radius 1 is 1.27 bits per heavy atom. The largest absolute Gasteiger partial charge is 0.394 e. The van der Waals surface area contributed by atoms with Crippen molar-refractivity contribution in [3.8, 4) is 11.3 Å². The maximum absolute atomic E-state index is 8.73. The SMILES string of the molecule is OCCn1cc(-c2ccc(Cl)cc2)nn1. The Bertz CT molecular complexity index is 438. The van der Waals surface area contributed by atoms with E-state index in [1.54, 1.807) is 10.9 Å². The number of aliphatic hydroxyl groups excluding tert-OH is 1. The lowest BCUT2D eigenvalue weighted by atomic mass is 10.2. The van der Waals surface area contributed by atoms with Crippen LogP contribution in [0, 0.1) is 0 Å². The Labute approximate surface area is 92.1 Å². The molecule has 0 aliphatic heterocycles. The average Bonchev–Trinajstić information content (AvgIpc) is 2.68. The van der Waals surface area contributed by atoms with Gasteiger partial charge in [0.1, 0.15) is 5.69 Å². The van der Waals surface area contributed by atoms with Crippen molar-refractivity contribution in [1.29, 1.82) is 0 Å². The van der Waals surface area contributed by atoms with Crippen LogP contribution in [0.5, 0.6) is 0 Å². The standard InChI is InChI=1S/C10H10ClN3O/c11-9-3-1-8(2-4-9)10-7-14(5-6-15)13-12-10/h1-4,7,15H,5-6H2. The summed E-state index contributed by atoms with van der Waals surface area (Å²) in [6, 6.07) is 7.38. The van der Waals surface area contributed by atoms with Crippen LogP contribution >= 0.6 is 11.6 Å². The van der Waals surface area contributed by atoms with E-state index < -0.39 is 0 Å². The molecule has 2 aromatic rings. The quantitative estimate of drug-likeness (QED) is 0.860. The molecule has 0 unspecified atom stereocenters. The molecule has 1 heterocycles. The third-order valence-electron chi connectivity index (χ3n) is 2.01. The molecule has 1 N–H and O–H groups in total. The van der Waals surface area contributed by atoms with Gasteiger partial charge in [0.25, 0.3) is 0 Å². The molecule has 0 atom stereocenters. The van der Waals surface area contributed by atoms with Crippen LogP contribution < -0.4 is 0 Å². The highest BCUT2D eigenvalue weighted by atomic mass is 35.5. The van der Waals surface area contributed by atoms with Crippen molar-refractivity contribution in [2.45, 2.75) is 6.54 Å². The van der Waals surface area contributed by atoms with E-state index in [2.05, 4.69) is 10.3 Å². The fourth-order valence-electron chi connectivity index (χ4n) is 1.26. The molecule has 4 nitrogen and oxygen atoms in total. The van der Waals surface area contributed by atoms with Crippen molar-refractivity contribution in [3.05, 3.63) is 35.5 Å². The van der Waals surface area contributed by atoms with Gasteiger partial charge in [0.05, 0.1) is 19.3 Å². The first-order chi connectivity index (χ1) is 7.29. The molecule has 1 aromatic heterocycles. The minimum Gasteiger partial charge on any atom is -0.394 e. The van der Waals surface area contributed by atoms with Crippen LogP contribution in [0.4, 0.5) is 0 Å². The van der Waals surface area contributed by atoms with Crippen LogP contribution in [0.25, 0.3) is 11.3 Å². The van der Waals surface area contributed by atoms with E-state index in [1.165, 1.54) is 0 Å². The van der Waals surface area contributed by atoms with Crippen LogP contribution in [0.2, 0.25) is 5.02 Å². The van der Waals surface area contributed by atoms with Crippen molar-refractivity contribution in [3.63, 3.8) is 0 Å². The van der Waals surface area contributed by atoms with E-state index in [9.17, 15) is 0 Å². The Balaban J connectivity index is 2.25. The van der Waals surface area contributed by atoms with E-state index >= 15 is 0 Å². The lowest BCUT2D eigenvalue weighted by Crippen LogP contribution is -2.01. The Hall–Kier alpha value is -1.39. The van der Waals surface area contributed by atoms with Gasteiger partial charge in [-0.25, -0.2) is 4.68 Å². The van der Waals surface area contributed by atoms with E-state index in [-0.39, 0.29) is 6.61 Å². The fraction of sp³-hybridized carbons (Fsp3) is 0.200. The van der Waals surface area contributed by atoms with Crippen molar-refractivity contribution < 1.29 is 5.11 Å². The summed E-state index contributed by atoms with van der Waals surface area (Å²) in [4.78, 5) is 0. The molecule has 0 aliphatic rings. The predicted octanol–water partition coefficient (Wildman–Crippen LogP) is 1.59. The van der Waals surface area contributed by atoms with Gasteiger partial charge in [-0.1, -0.05) is 28.9 Å². The van der Waals surface area contributed by atoms with Gasteiger partial charge in [-0.15, -0.1) is 5.10 Å². The normalized spacial score (nSPS) is 10.5. The van der Waals surface area contributed by atoms with Crippen molar-refractivity contribution in [1.82, 2.24) is 15.0 Å². The number of hydrogen-bond donors (Lipinski definition) is 1. The van der Waals surface area contributed by atoms with Gasteiger partial charge in [0, 0.05) is 10.6 Å². The second-order valence-electron chi connectivity index (χ2n) is 3.10. The van der Waals surface area contributed by atoms with Crippen LogP contribution in [0.3, 0.4) is 0 Å². The molecule has 0 fully saturated rings. The first kappa shape index (κ1) is 10.1. The molecular weight excluding hydrogens is 214 g/mol. The van der Waals surface area contributed by atoms with Gasteiger partial charge in [-0.05, 0) is 12.1 Å². The highest BCUT2D eigenvalue weighted by Crippen LogP contribution is 2.18. The van der Waals surface area contributed by atoms with Crippen LogP contribution in [0.15, 0.2) is 30.5 Å². The molecule has 0 amide bonds. The van der Waals surface area contributed by atoms with Crippen molar-refractivity contribution in [2.75, 3.05) is 6.61 Å². The summed E-state index contributed by atoms with van der Waals surface area (Å²) >= 11 is 5.78. The Morgan fingerprint density at radius 3 is 2.67 bits per heavy atom. The fourth-order valence-corrected chi connectivity index (χ4v) is 1.39. The average molecular weight is 224 g/mol. The van der Waals surface area contributed by atoms with Gasteiger partial charge < -0.3 is 5.11 Å². The molecular formula is C10H10ClN3O. The predicted molar refractivity (Wildman–Crippen MR) is 57.6 cm³/mol. The molecule has 2 rings (SSSR count). The number of rotatable bonds is 3. The number of hydrogen-bond acceptors (Lipinski definition) is 3. The highest BCUT2D eigenvalue weighted by molar-refractivity contribution is 6.30. The number of halogens is 1. The molecule has 5 heteroatoms. The molecule has 1 aromatic carbocycles. The lowest BCUT2D eigenvalue weighted by molar-refractivity contribution is 0.268. The second-order valence-corrected chi connectivity index (χ2v) is 3.53. The van der Waals surface area contributed by atoms with Gasteiger partial charge in [0.15, 0.2) is 0 Å². The zero-order valence-corrected chi connectivity index (χ0v) is 8.72. The van der Waals surface area contributed by atoms with Crippen LogP contribution in [-0.2, 0) is 6.54 Å². The summed E-state index contributed by atoms with van der Waals surface area (Å²) in [7, 11) is 0. The molecule has 0 bridgehead atoms. The van der Waals surface area contributed by atoms with Crippen molar-refractivity contribution >= 4 is 11.6 Å². The molecule has 0 saturated heterocycles. The molecule has 15 heavy (non-hydrogen) atoms. The lowest BCUT2D eigenvalue weighted by Gasteiger charge is -1.95. The van der Waals surface area contributed by atoms with E-state index in [4.69, 9.17) is 16.7 Å². The zero-order valence-electron chi connectivity index (χ0n) is 7.97. The van der Waals surface area contributed by atoms with Gasteiger partial charge in [-0.2, -0.15) is 0 Å². The molecule has 0 saturated carbocycles. The summed E-state index contributed by atoms with van der Waals surface area (Å²) in [5, 5.41) is 17.3. The van der Waals surface area contributed by atoms with E-state index in [0.717, 1.165) is 11.3 Å². The second kappa shape index (κ2) is 4.42. The number of nitrogens with zero attached hydrogens (tertiary/aromatic N) is 3. The minimum absolute atomic E-state index is 0.0589. The first-order valence-electron chi connectivity index (χ1n) is 4.56. The summed E-state index contributed by atoms with van der Waals surface area (Å²) in [5.74, 6) is 0. The minimum atomic E-state index is 0.0589. The van der Waals surface area contributed by atoms with E-state index in [1.807, 2.05) is 24.3 Å². The molecule has 0 radical (unpaired) electrons. The van der Waals surface area contributed by atoms with Gasteiger partial charge in [-0.3, -0.25) is 0 Å². The number of aliphatic hydroxyl groups is 1. The number of benzene rings is 1. The van der Waals surface area contributed by atoms with Crippen LogP contribution in [-0.4, -0.2) is 26.7 Å². The van der Waals surface area contributed by atoms with E-state index in [0.29, 0.717) is 11.6 Å². The molecule has 0 spiro atoms. The summed E-state index contributed by atoms with van der Waals surface area (Å²) in [6.45, 7) is 0.518. The Kier molecular flexibility index (Phi) is 2.99. The highest BCUT2D eigenvalue weighted by Gasteiger charge is 2.02. The first-order valence-corrected chi connectivity index (χ1v) is 4.94. The molecule has 0 aliphatic carbocycles. The zero-order chi connectivity index (χ0) is 10.7. The third-order valence-corrected chi connectivity index (χ3v) is 2.26. The monoisotopic (exact) mass is 223 g/mol. The maximum Gasteiger partial charge on any atom is 0.113 e. The van der Waals surface area contributed by atoms with Crippen molar-refractivity contribution in [2.24, 2.45) is 0 Å². The summed E-state index contributed by atoms with van der Waals surface area (Å²) in [5.41, 5.74) is 1.74. The van der Waals surface area contributed by atoms with Crippen LogP contribution in [0.1, 0.15) is 0 Å². The summed E-state index contributed by atoms with van der Waals surface area (Å²) in [6.07, 6.45) is 1.79. The summed E-state index contributed by atoms with van der Waals surface area (Å²) < 4.78 is 1.60. The maximum atomic E-state index is 8.73. The Morgan fingerprint density at radius 2 is 2.00 bits per heavy atom. The topological polar surface area (TPSA) is 50.9 Å². The van der Waals surface area contributed by atoms with Gasteiger partial charge >= 0.3 is 0 Å². The smallest absolute Gasteiger partial charge is 0.113 e. The van der Waals surface area contributed by atoms with Gasteiger partial charge in [0.2, 0.25) is 0 Å². The molecule has 78 valence electrons. The third kappa shape index (κ3) is 2.34. The number of aromatic nitrogens is 3.